The summed E-state index contributed by atoms with van der Waals surface area (Å²) in [5.41, 5.74) is 2.79. The molecule has 3 nitrogen and oxygen atoms in total. The van der Waals surface area contributed by atoms with Gasteiger partial charge in [-0.2, -0.15) is 0 Å². The summed E-state index contributed by atoms with van der Waals surface area (Å²) in [5, 5.41) is 3.40. The van der Waals surface area contributed by atoms with Crippen LogP contribution in [0.5, 0.6) is 0 Å². The summed E-state index contributed by atoms with van der Waals surface area (Å²) >= 11 is 0. The first-order valence-corrected chi connectivity index (χ1v) is 9.76. The first kappa shape index (κ1) is 16.1. The van der Waals surface area contributed by atoms with E-state index in [2.05, 4.69) is 41.4 Å². The fourth-order valence-electron chi connectivity index (χ4n) is 5.10. The van der Waals surface area contributed by atoms with Crippen molar-refractivity contribution in [1.29, 1.82) is 0 Å². The molecular weight excluding hydrogens is 296 g/mol. The molecule has 0 unspecified atom stereocenters. The number of nitrogens with zero attached hydrogens (tertiary/aromatic N) is 1. The summed E-state index contributed by atoms with van der Waals surface area (Å²) < 4.78 is 0. The maximum atomic E-state index is 12.6. The molecule has 0 aromatic heterocycles. The Morgan fingerprint density at radius 1 is 1.12 bits per heavy atom. The van der Waals surface area contributed by atoms with Crippen molar-refractivity contribution in [3.05, 3.63) is 35.4 Å². The first-order valence-electron chi connectivity index (χ1n) is 9.76. The van der Waals surface area contributed by atoms with E-state index in [9.17, 15) is 4.79 Å². The molecule has 0 radical (unpaired) electrons. The average Bonchev–Trinajstić information content (AvgIpc) is 3.20. The first-order chi connectivity index (χ1) is 11.7. The lowest BCUT2D eigenvalue weighted by atomic mass is 9.92. The molecule has 3 heteroatoms. The van der Waals surface area contributed by atoms with Crippen molar-refractivity contribution in [3.63, 3.8) is 0 Å². The van der Waals surface area contributed by atoms with Gasteiger partial charge < -0.3 is 5.32 Å². The zero-order valence-electron chi connectivity index (χ0n) is 14.8. The second-order valence-corrected chi connectivity index (χ2v) is 8.27. The number of nitrogens with one attached hydrogen (secondary N) is 1. The lowest BCUT2D eigenvalue weighted by Gasteiger charge is -2.33. The molecule has 1 aliphatic heterocycles. The van der Waals surface area contributed by atoms with Crippen molar-refractivity contribution in [2.24, 2.45) is 17.8 Å². The number of carbonyl (C=O) groups excluding carboxylic acids is 1. The van der Waals surface area contributed by atoms with Crippen molar-refractivity contribution in [3.8, 4) is 0 Å². The molecule has 1 N–H and O–H groups in total. The van der Waals surface area contributed by atoms with Crippen LogP contribution in [0.1, 0.15) is 49.7 Å². The van der Waals surface area contributed by atoms with E-state index in [1.165, 1.54) is 36.8 Å². The molecule has 2 bridgehead atoms. The lowest BCUT2D eigenvalue weighted by molar-refractivity contribution is -0.127. The predicted octanol–water partition coefficient (Wildman–Crippen LogP) is 3.51. The fourth-order valence-corrected chi connectivity index (χ4v) is 5.10. The Morgan fingerprint density at radius 2 is 1.92 bits per heavy atom. The number of aryl methyl sites for hydroxylation is 1. The van der Waals surface area contributed by atoms with Gasteiger partial charge in [-0.05, 0) is 75.1 Å². The van der Waals surface area contributed by atoms with E-state index in [1.54, 1.807) is 0 Å². The minimum absolute atomic E-state index is 0.234. The molecule has 130 valence electrons. The van der Waals surface area contributed by atoms with Gasteiger partial charge in [0, 0.05) is 18.5 Å². The molecule has 1 aromatic carbocycles. The lowest BCUT2D eigenvalue weighted by Crippen LogP contribution is -2.45. The van der Waals surface area contributed by atoms with E-state index in [0.29, 0.717) is 11.9 Å². The Hall–Kier alpha value is -1.35. The van der Waals surface area contributed by atoms with Crippen molar-refractivity contribution >= 4 is 5.91 Å². The molecule has 3 fully saturated rings. The van der Waals surface area contributed by atoms with E-state index in [4.69, 9.17) is 0 Å². The van der Waals surface area contributed by atoms with Crippen LogP contribution in [0.15, 0.2) is 24.3 Å². The van der Waals surface area contributed by atoms with Gasteiger partial charge in [0.05, 0.1) is 0 Å². The zero-order chi connectivity index (χ0) is 16.5. The largest absolute Gasteiger partial charge is 0.353 e. The van der Waals surface area contributed by atoms with Gasteiger partial charge in [-0.1, -0.05) is 30.7 Å². The van der Waals surface area contributed by atoms with Crippen molar-refractivity contribution in [2.75, 3.05) is 13.1 Å². The van der Waals surface area contributed by atoms with Crippen LogP contribution in [0.2, 0.25) is 0 Å². The molecule has 1 saturated heterocycles. The summed E-state index contributed by atoms with van der Waals surface area (Å²) in [7, 11) is 0. The van der Waals surface area contributed by atoms with Crippen LogP contribution < -0.4 is 5.32 Å². The maximum absolute atomic E-state index is 12.6. The summed E-state index contributed by atoms with van der Waals surface area (Å²) in [6.45, 7) is 5.30. The van der Waals surface area contributed by atoms with Crippen molar-refractivity contribution in [1.82, 2.24) is 10.2 Å². The van der Waals surface area contributed by atoms with Crippen LogP contribution in [0.4, 0.5) is 0 Å². The quantitative estimate of drug-likeness (QED) is 0.918. The van der Waals surface area contributed by atoms with Crippen LogP contribution in [0.3, 0.4) is 0 Å². The van der Waals surface area contributed by atoms with Crippen molar-refractivity contribution < 1.29 is 4.79 Å². The van der Waals surface area contributed by atoms with Gasteiger partial charge in [0.15, 0.2) is 0 Å². The van der Waals surface area contributed by atoms with Crippen LogP contribution >= 0.6 is 0 Å². The predicted molar refractivity (Wildman–Crippen MR) is 96.6 cm³/mol. The number of likely N-dealkylation sites (tertiary alicyclic amines) is 1. The van der Waals surface area contributed by atoms with Gasteiger partial charge in [0.1, 0.15) is 0 Å². The molecule has 2 saturated carbocycles. The SMILES string of the molecule is Cc1ccccc1CN1CCC(C(=O)N[C@@H]2C[C@H]3CC[C@@H]2C3)CC1. The standard InChI is InChI=1S/C21H30N2O/c1-15-4-2-3-5-19(15)14-23-10-8-17(9-11-23)21(24)22-20-13-16-6-7-18(20)12-16/h2-5,16-18,20H,6-14H2,1H3,(H,22,24)/t16-,18+,20+/m0/s1. The summed E-state index contributed by atoms with van der Waals surface area (Å²) in [6, 6.07) is 9.12. The van der Waals surface area contributed by atoms with E-state index in [1.807, 2.05) is 0 Å². The van der Waals surface area contributed by atoms with E-state index in [0.717, 1.165) is 44.3 Å². The molecule has 4 rings (SSSR count). The minimum Gasteiger partial charge on any atom is -0.353 e. The third-order valence-electron chi connectivity index (χ3n) is 6.68. The average molecular weight is 326 g/mol. The van der Waals surface area contributed by atoms with Gasteiger partial charge in [-0.15, -0.1) is 0 Å². The maximum Gasteiger partial charge on any atom is 0.223 e. The molecule has 24 heavy (non-hydrogen) atoms. The van der Waals surface area contributed by atoms with Gasteiger partial charge in [0.25, 0.3) is 0 Å². The third kappa shape index (κ3) is 3.37. The Kier molecular flexibility index (Phi) is 4.62. The molecule has 3 atom stereocenters. The number of carbonyl (C=O) groups is 1. The molecule has 0 spiro atoms. The molecule has 1 aromatic rings. The van der Waals surface area contributed by atoms with Gasteiger partial charge >= 0.3 is 0 Å². The van der Waals surface area contributed by atoms with Crippen LogP contribution in [-0.2, 0) is 11.3 Å². The second-order valence-electron chi connectivity index (χ2n) is 8.27. The van der Waals surface area contributed by atoms with Crippen molar-refractivity contribution in [2.45, 2.75) is 58.0 Å². The molecule has 1 amide bonds. The number of rotatable bonds is 4. The molecule has 1 heterocycles. The monoisotopic (exact) mass is 326 g/mol. The van der Waals surface area contributed by atoms with Gasteiger partial charge in [0.2, 0.25) is 5.91 Å². The molecule has 3 aliphatic rings. The van der Waals surface area contributed by atoms with E-state index < -0.39 is 0 Å². The summed E-state index contributed by atoms with van der Waals surface area (Å²) in [6.07, 6.45) is 7.36. The van der Waals surface area contributed by atoms with Gasteiger partial charge in [-0.25, -0.2) is 0 Å². The van der Waals surface area contributed by atoms with Crippen LogP contribution in [0.25, 0.3) is 0 Å². The number of hydrogen-bond donors (Lipinski definition) is 1. The van der Waals surface area contributed by atoms with E-state index in [-0.39, 0.29) is 5.92 Å². The number of piperidine rings is 1. The van der Waals surface area contributed by atoms with Crippen LogP contribution in [-0.4, -0.2) is 29.9 Å². The highest BCUT2D eigenvalue weighted by atomic mass is 16.2. The Morgan fingerprint density at radius 3 is 2.58 bits per heavy atom. The summed E-state index contributed by atoms with van der Waals surface area (Å²) in [5.74, 6) is 2.25. The van der Waals surface area contributed by atoms with Gasteiger partial charge in [-0.3, -0.25) is 9.69 Å². The smallest absolute Gasteiger partial charge is 0.223 e. The number of fused-ring (bicyclic) bond motifs is 2. The minimum atomic E-state index is 0.234. The molecular formula is C21H30N2O. The summed E-state index contributed by atoms with van der Waals surface area (Å²) in [4.78, 5) is 15.1. The molecule has 2 aliphatic carbocycles. The highest BCUT2D eigenvalue weighted by Gasteiger charge is 2.40. The van der Waals surface area contributed by atoms with E-state index >= 15 is 0 Å². The normalized spacial score (nSPS) is 30.6. The zero-order valence-corrected chi connectivity index (χ0v) is 14.8. The third-order valence-corrected chi connectivity index (χ3v) is 6.68. The number of benzene rings is 1. The highest BCUT2D eigenvalue weighted by Crippen LogP contribution is 2.44. The fraction of sp³-hybridized carbons (Fsp3) is 0.667. The Bertz CT molecular complexity index is 591. The second kappa shape index (κ2) is 6.87. The topological polar surface area (TPSA) is 32.3 Å². The number of hydrogen-bond acceptors (Lipinski definition) is 2. The highest BCUT2D eigenvalue weighted by molar-refractivity contribution is 5.79. The number of amides is 1. The Balaban J connectivity index is 1.25. The Labute approximate surface area is 145 Å². The van der Waals surface area contributed by atoms with Crippen LogP contribution in [0, 0.1) is 24.7 Å².